The van der Waals surface area contributed by atoms with Crippen LogP contribution < -0.4 is 9.64 Å². The summed E-state index contributed by atoms with van der Waals surface area (Å²) >= 11 is 0. The van der Waals surface area contributed by atoms with Crippen molar-refractivity contribution < 1.29 is 28.6 Å². The van der Waals surface area contributed by atoms with Gasteiger partial charge in [-0.2, -0.15) is 0 Å². The molecular weight excluding hydrogens is 477 g/mol. The monoisotopic (exact) mass is 507 g/mol. The smallest absolute Gasteiger partial charge is 0.335 e. The summed E-state index contributed by atoms with van der Waals surface area (Å²) in [6.07, 6.45) is 1.79. The zero-order valence-electron chi connectivity index (χ0n) is 21.2. The van der Waals surface area contributed by atoms with E-state index in [2.05, 4.69) is 0 Å². The topological polar surface area (TPSA) is 92.1 Å². The van der Waals surface area contributed by atoms with Gasteiger partial charge < -0.3 is 24.2 Å². The maximum absolute atomic E-state index is 15.5. The first-order valence-electron chi connectivity index (χ1n) is 12.4. The number of halogens is 1. The van der Waals surface area contributed by atoms with Crippen LogP contribution in [0.3, 0.4) is 0 Å². The minimum Gasteiger partial charge on any atom is -0.497 e. The first-order valence-corrected chi connectivity index (χ1v) is 12.4. The number of carbonyl (C=O) groups is 3. The normalized spacial score (nSPS) is 19.2. The van der Waals surface area contributed by atoms with Gasteiger partial charge in [-0.1, -0.05) is 18.9 Å². The van der Waals surface area contributed by atoms with Crippen molar-refractivity contribution >= 4 is 34.4 Å². The van der Waals surface area contributed by atoms with Crippen molar-refractivity contribution in [3.8, 4) is 17.0 Å². The van der Waals surface area contributed by atoms with Gasteiger partial charge in [0.25, 0.3) is 0 Å². The van der Waals surface area contributed by atoms with E-state index in [1.807, 2.05) is 6.07 Å². The second kappa shape index (κ2) is 9.53. The van der Waals surface area contributed by atoms with Gasteiger partial charge in [0.1, 0.15) is 25.0 Å². The molecule has 1 aliphatic heterocycles. The minimum absolute atomic E-state index is 0.0890. The first kappa shape index (κ1) is 24.8. The van der Waals surface area contributed by atoms with E-state index >= 15 is 4.39 Å². The molecule has 3 aromatic rings. The molecule has 1 fully saturated rings. The Morgan fingerprint density at radius 1 is 1.14 bits per heavy atom. The van der Waals surface area contributed by atoms with Crippen LogP contribution in [0, 0.1) is 0 Å². The standard InChI is InChI=1S/C28H30FN3O5/c1-30(2)24(33)14-31-23-13-17(37-3)9-11-20(23)27-26(18-6-4-5-7-21(18)29)19-10-8-16(28(35)36)12-22(19)32(27)15-25(31)34/h8-13,18,21H,4-7,14-15H2,1-3H3,(H,35,36). The molecule has 2 amide bonds. The Balaban J connectivity index is 1.83. The third-order valence-corrected chi connectivity index (χ3v) is 7.54. The number of nitrogens with zero attached hydrogens (tertiary/aromatic N) is 3. The maximum Gasteiger partial charge on any atom is 0.335 e. The molecule has 1 N–H and O–H groups in total. The van der Waals surface area contributed by atoms with Gasteiger partial charge in [0.2, 0.25) is 11.8 Å². The number of anilines is 1. The van der Waals surface area contributed by atoms with E-state index in [0.29, 0.717) is 41.1 Å². The highest BCUT2D eigenvalue weighted by Crippen LogP contribution is 2.48. The fourth-order valence-electron chi connectivity index (χ4n) is 5.62. The molecule has 2 aromatic carbocycles. The van der Waals surface area contributed by atoms with Crippen LogP contribution in [-0.2, 0) is 16.1 Å². The number of benzene rings is 2. The number of amides is 2. The molecule has 2 atom stereocenters. The van der Waals surface area contributed by atoms with Gasteiger partial charge in [-0.25, -0.2) is 9.18 Å². The van der Waals surface area contributed by atoms with Crippen molar-refractivity contribution in [2.45, 2.75) is 44.3 Å². The largest absolute Gasteiger partial charge is 0.497 e. The van der Waals surface area contributed by atoms with Crippen LogP contribution in [0.15, 0.2) is 36.4 Å². The number of methoxy groups -OCH3 is 1. The predicted molar refractivity (Wildman–Crippen MR) is 138 cm³/mol. The summed E-state index contributed by atoms with van der Waals surface area (Å²) in [5.41, 5.74) is 3.33. The Labute approximate surface area is 214 Å². The Bertz CT molecular complexity index is 1410. The average molecular weight is 508 g/mol. The summed E-state index contributed by atoms with van der Waals surface area (Å²) in [6.45, 7) is -0.282. The molecule has 0 saturated heterocycles. The van der Waals surface area contributed by atoms with Crippen LogP contribution in [0.2, 0.25) is 0 Å². The summed E-state index contributed by atoms with van der Waals surface area (Å²) in [6, 6.07) is 10.2. The highest BCUT2D eigenvalue weighted by Gasteiger charge is 2.37. The second-order valence-electron chi connectivity index (χ2n) is 9.94. The molecule has 2 aliphatic rings. The number of likely N-dealkylation sites (N-methyl/N-ethyl adjacent to an activating group) is 1. The molecule has 2 heterocycles. The summed E-state index contributed by atoms with van der Waals surface area (Å²) in [7, 11) is 4.79. The maximum atomic E-state index is 15.5. The molecule has 9 heteroatoms. The summed E-state index contributed by atoms with van der Waals surface area (Å²) < 4.78 is 22.7. The summed E-state index contributed by atoms with van der Waals surface area (Å²) in [5.74, 6) is -1.52. The van der Waals surface area contributed by atoms with Crippen LogP contribution in [-0.4, -0.2) is 66.3 Å². The zero-order valence-corrected chi connectivity index (χ0v) is 21.2. The summed E-state index contributed by atoms with van der Waals surface area (Å²) in [5, 5.41) is 10.4. The average Bonchev–Trinajstić information content (AvgIpc) is 3.13. The lowest BCUT2D eigenvalue weighted by molar-refractivity contribution is -0.129. The predicted octanol–water partition coefficient (Wildman–Crippen LogP) is 4.45. The van der Waals surface area contributed by atoms with Crippen LogP contribution in [0.1, 0.15) is 47.5 Å². The number of aromatic nitrogens is 1. The Morgan fingerprint density at radius 3 is 2.57 bits per heavy atom. The van der Waals surface area contributed by atoms with Crippen molar-refractivity contribution in [2.75, 3.05) is 32.6 Å². The second-order valence-corrected chi connectivity index (χ2v) is 9.94. The van der Waals surface area contributed by atoms with Crippen molar-refractivity contribution in [3.05, 3.63) is 47.5 Å². The molecule has 1 aromatic heterocycles. The molecule has 8 nitrogen and oxygen atoms in total. The Hall–Kier alpha value is -3.88. The third kappa shape index (κ3) is 4.22. The number of rotatable bonds is 5. The van der Waals surface area contributed by atoms with Crippen LogP contribution >= 0.6 is 0 Å². The molecule has 0 spiro atoms. The highest BCUT2D eigenvalue weighted by atomic mass is 19.1. The van der Waals surface area contributed by atoms with Crippen molar-refractivity contribution in [3.63, 3.8) is 0 Å². The molecular formula is C28H30FN3O5. The summed E-state index contributed by atoms with van der Waals surface area (Å²) in [4.78, 5) is 41.1. The lowest BCUT2D eigenvalue weighted by Gasteiger charge is -2.28. The SMILES string of the molecule is COc1ccc2c(c1)N(CC(=O)N(C)C)C(=O)Cn1c-2c(C2CCCCC2F)c2ccc(C(=O)O)cc21. The van der Waals surface area contributed by atoms with Gasteiger partial charge in [-0.05, 0) is 42.7 Å². The lowest BCUT2D eigenvalue weighted by Crippen LogP contribution is -2.41. The quantitative estimate of drug-likeness (QED) is 0.551. The van der Waals surface area contributed by atoms with Gasteiger partial charge in [0, 0.05) is 37.0 Å². The zero-order chi connectivity index (χ0) is 26.4. The van der Waals surface area contributed by atoms with Gasteiger partial charge >= 0.3 is 5.97 Å². The Morgan fingerprint density at radius 2 is 1.89 bits per heavy atom. The Kier molecular flexibility index (Phi) is 6.39. The number of carboxylic acid groups (broad SMARTS) is 1. The number of carbonyl (C=O) groups excluding carboxylic acids is 2. The lowest BCUT2D eigenvalue weighted by atomic mass is 9.80. The number of aromatic carboxylic acids is 1. The first-order chi connectivity index (χ1) is 17.7. The van der Waals surface area contributed by atoms with E-state index < -0.39 is 12.1 Å². The number of ether oxygens (including phenoxy) is 1. The third-order valence-electron chi connectivity index (χ3n) is 7.54. The molecule has 0 bridgehead atoms. The molecule has 194 valence electrons. The van der Waals surface area contributed by atoms with Crippen LogP contribution in [0.25, 0.3) is 22.2 Å². The van der Waals surface area contributed by atoms with Crippen molar-refractivity contribution in [1.82, 2.24) is 9.47 Å². The van der Waals surface area contributed by atoms with Crippen LogP contribution in [0.5, 0.6) is 5.75 Å². The molecule has 1 aliphatic carbocycles. The fraction of sp³-hybridized carbons (Fsp3) is 0.393. The van der Waals surface area contributed by atoms with E-state index in [1.54, 1.807) is 42.9 Å². The van der Waals surface area contributed by atoms with E-state index in [-0.39, 0.29) is 36.4 Å². The van der Waals surface area contributed by atoms with Gasteiger partial charge in [0.15, 0.2) is 0 Å². The highest BCUT2D eigenvalue weighted by molar-refractivity contribution is 6.07. The number of alkyl halides is 1. The molecule has 1 saturated carbocycles. The van der Waals surface area contributed by atoms with Crippen LogP contribution in [0.4, 0.5) is 10.1 Å². The van der Waals surface area contributed by atoms with E-state index in [1.165, 1.54) is 23.0 Å². The molecule has 5 rings (SSSR count). The van der Waals surface area contributed by atoms with Crippen molar-refractivity contribution in [1.29, 1.82) is 0 Å². The number of hydrogen-bond donors (Lipinski definition) is 1. The van der Waals surface area contributed by atoms with E-state index in [4.69, 9.17) is 4.74 Å². The van der Waals surface area contributed by atoms with Crippen molar-refractivity contribution in [2.24, 2.45) is 0 Å². The number of fused-ring (bicyclic) bond motifs is 5. The van der Waals surface area contributed by atoms with E-state index in [0.717, 1.165) is 23.8 Å². The molecule has 0 radical (unpaired) electrons. The fourth-order valence-corrected chi connectivity index (χ4v) is 5.62. The van der Waals surface area contributed by atoms with E-state index in [9.17, 15) is 19.5 Å². The number of carboxylic acids is 1. The van der Waals surface area contributed by atoms with Gasteiger partial charge in [0.05, 0.1) is 29.6 Å². The minimum atomic E-state index is -1.08. The molecule has 37 heavy (non-hydrogen) atoms. The molecule has 2 unspecified atom stereocenters. The van der Waals surface area contributed by atoms with Gasteiger partial charge in [-0.3, -0.25) is 9.59 Å². The van der Waals surface area contributed by atoms with Gasteiger partial charge in [-0.15, -0.1) is 0 Å². The number of hydrogen-bond acceptors (Lipinski definition) is 4.